The molecule has 0 bridgehead atoms. The molecule has 0 amide bonds. The second-order valence-electron chi connectivity index (χ2n) is 6.42. The largest absolute Gasteiger partial charge is 0.496 e. The predicted molar refractivity (Wildman–Crippen MR) is 97.0 cm³/mol. The van der Waals surface area contributed by atoms with Crippen molar-refractivity contribution in [3.63, 3.8) is 0 Å². The first kappa shape index (κ1) is 18.1. The molecule has 0 radical (unpaired) electrons. The fraction of sp³-hybridized carbons (Fsp3) is 0.381. The van der Waals surface area contributed by atoms with Gasteiger partial charge in [0.05, 0.1) is 13.0 Å². The highest BCUT2D eigenvalue weighted by atomic mass is 16.5. The van der Waals surface area contributed by atoms with E-state index in [1.165, 1.54) is 5.56 Å². The molecular weight excluding hydrogens is 300 g/mol. The summed E-state index contributed by atoms with van der Waals surface area (Å²) in [6, 6.07) is 13.9. The second kappa shape index (κ2) is 8.00. The van der Waals surface area contributed by atoms with Crippen LogP contribution < -0.4 is 4.74 Å². The smallest absolute Gasteiger partial charge is 0.311 e. The van der Waals surface area contributed by atoms with Gasteiger partial charge in [-0.05, 0) is 47.1 Å². The van der Waals surface area contributed by atoms with Crippen LogP contribution >= 0.6 is 0 Å². The molecule has 2 rings (SSSR count). The van der Waals surface area contributed by atoms with Crippen molar-refractivity contribution < 1.29 is 14.6 Å². The van der Waals surface area contributed by atoms with E-state index in [1.807, 2.05) is 37.3 Å². The molecule has 24 heavy (non-hydrogen) atoms. The summed E-state index contributed by atoms with van der Waals surface area (Å²) in [4.78, 5) is 11.8. The van der Waals surface area contributed by atoms with Crippen molar-refractivity contribution in [1.82, 2.24) is 0 Å². The van der Waals surface area contributed by atoms with Gasteiger partial charge in [-0.25, -0.2) is 0 Å². The van der Waals surface area contributed by atoms with Crippen LogP contribution in [-0.4, -0.2) is 18.2 Å². The van der Waals surface area contributed by atoms with E-state index in [-0.39, 0.29) is 0 Å². The van der Waals surface area contributed by atoms with Gasteiger partial charge in [0.2, 0.25) is 0 Å². The van der Waals surface area contributed by atoms with Gasteiger partial charge in [-0.2, -0.15) is 0 Å². The van der Waals surface area contributed by atoms with Gasteiger partial charge in [0.15, 0.2) is 0 Å². The van der Waals surface area contributed by atoms with E-state index in [0.29, 0.717) is 12.3 Å². The van der Waals surface area contributed by atoms with E-state index in [2.05, 4.69) is 26.0 Å². The second-order valence-corrected chi connectivity index (χ2v) is 6.42. The normalized spacial score (nSPS) is 12.2. The number of ether oxygens (including phenoxy) is 1. The predicted octanol–water partition coefficient (Wildman–Crippen LogP) is 4.79. The fourth-order valence-corrected chi connectivity index (χ4v) is 2.91. The van der Waals surface area contributed by atoms with Crippen LogP contribution in [0.2, 0.25) is 0 Å². The summed E-state index contributed by atoms with van der Waals surface area (Å²) in [5.74, 6) is -0.0593. The van der Waals surface area contributed by atoms with E-state index in [1.54, 1.807) is 7.11 Å². The van der Waals surface area contributed by atoms with Crippen LogP contribution in [0.5, 0.6) is 5.75 Å². The fourth-order valence-electron chi connectivity index (χ4n) is 2.91. The molecule has 2 aromatic rings. The molecule has 1 N–H and O–H groups in total. The molecular formula is C21H26O3. The lowest BCUT2D eigenvalue weighted by molar-refractivity contribution is -0.138. The Kier molecular flexibility index (Phi) is 6.02. The molecule has 1 unspecified atom stereocenters. The topological polar surface area (TPSA) is 46.5 Å². The maximum Gasteiger partial charge on any atom is 0.311 e. The van der Waals surface area contributed by atoms with E-state index in [4.69, 9.17) is 4.74 Å². The van der Waals surface area contributed by atoms with Crippen LogP contribution in [0.4, 0.5) is 0 Å². The Morgan fingerprint density at radius 1 is 1.08 bits per heavy atom. The van der Waals surface area contributed by atoms with Gasteiger partial charge in [-0.1, -0.05) is 57.2 Å². The van der Waals surface area contributed by atoms with Gasteiger partial charge in [-0.3, -0.25) is 4.79 Å². The number of rotatable bonds is 7. The SMILES string of the molecule is CCc1cc(C(Cc2ccc(C(C)C)cc2)C(=O)O)ccc1OC. The maximum absolute atomic E-state index is 11.8. The molecule has 0 spiro atoms. The summed E-state index contributed by atoms with van der Waals surface area (Å²) >= 11 is 0. The van der Waals surface area contributed by atoms with Crippen LogP contribution in [0, 0.1) is 0 Å². The Bertz CT molecular complexity index is 687. The number of carboxylic acid groups (broad SMARTS) is 1. The first-order valence-electron chi connectivity index (χ1n) is 8.44. The highest BCUT2D eigenvalue weighted by molar-refractivity contribution is 5.76. The van der Waals surface area contributed by atoms with Crippen molar-refractivity contribution in [3.05, 3.63) is 64.7 Å². The number of carbonyl (C=O) groups is 1. The Hall–Kier alpha value is -2.29. The minimum absolute atomic E-state index is 0.475. The number of hydrogen-bond acceptors (Lipinski definition) is 2. The Morgan fingerprint density at radius 3 is 2.21 bits per heavy atom. The molecule has 0 aliphatic rings. The molecule has 0 saturated carbocycles. The lowest BCUT2D eigenvalue weighted by Crippen LogP contribution is -2.15. The molecule has 128 valence electrons. The molecule has 1 atom stereocenters. The molecule has 0 heterocycles. The number of hydrogen-bond donors (Lipinski definition) is 1. The van der Waals surface area contributed by atoms with E-state index < -0.39 is 11.9 Å². The summed E-state index contributed by atoms with van der Waals surface area (Å²) in [5.41, 5.74) is 4.17. The van der Waals surface area contributed by atoms with Gasteiger partial charge in [-0.15, -0.1) is 0 Å². The monoisotopic (exact) mass is 326 g/mol. The summed E-state index contributed by atoms with van der Waals surface area (Å²) < 4.78 is 5.34. The van der Waals surface area contributed by atoms with Crippen LogP contribution in [0.25, 0.3) is 0 Å². The third-order valence-electron chi connectivity index (χ3n) is 4.47. The summed E-state index contributed by atoms with van der Waals surface area (Å²) in [6.07, 6.45) is 1.30. The van der Waals surface area contributed by atoms with E-state index in [9.17, 15) is 9.90 Å². The summed E-state index contributed by atoms with van der Waals surface area (Å²) in [6.45, 7) is 6.35. The van der Waals surface area contributed by atoms with Crippen LogP contribution in [0.3, 0.4) is 0 Å². The maximum atomic E-state index is 11.8. The Morgan fingerprint density at radius 2 is 1.71 bits per heavy atom. The van der Waals surface area contributed by atoms with Crippen LogP contribution in [0.15, 0.2) is 42.5 Å². The lowest BCUT2D eigenvalue weighted by Gasteiger charge is -2.16. The molecule has 0 saturated heterocycles. The first-order chi connectivity index (χ1) is 11.5. The third kappa shape index (κ3) is 4.16. The Balaban J connectivity index is 2.28. The highest BCUT2D eigenvalue weighted by Gasteiger charge is 2.21. The van der Waals surface area contributed by atoms with Gasteiger partial charge in [0, 0.05) is 0 Å². The number of aliphatic carboxylic acids is 1. The molecule has 0 aromatic heterocycles. The van der Waals surface area contributed by atoms with Gasteiger partial charge >= 0.3 is 5.97 Å². The molecule has 0 aliphatic heterocycles. The molecule has 2 aromatic carbocycles. The molecule has 3 heteroatoms. The number of benzene rings is 2. The zero-order valence-electron chi connectivity index (χ0n) is 14.9. The van der Waals surface area contributed by atoms with Gasteiger partial charge < -0.3 is 9.84 Å². The van der Waals surface area contributed by atoms with E-state index >= 15 is 0 Å². The van der Waals surface area contributed by atoms with Crippen molar-refractivity contribution in [2.24, 2.45) is 0 Å². The Labute approximate surface area is 144 Å². The van der Waals surface area contributed by atoms with E-state index in [0.717, 1.165) is 28.9 Å². The minimum atomic E-state index is -0.796. The van der Waals surface area contributed by atoms with Gasteiger partial charge in [0.25, 0.3) is 0 Å². The quantitative estimate of drug-likeness (QED) is 0.795. The summed E-state index contributed by atoms with van der Waals surface area (Å²) in [5, 5.41) is 9.69. The van der Waals surface area contributed by atoms with Crippen molar-refractivity contribution in [3.8, 4) is 5.75 Å². The molecule has 0 fully saturated rings. The van der Waals surface area contributed by atoms with Crippen molar-refractivity contribution in [2.45, 2.75) is 45.4 Å². The van der Waals surface area contributed by atoms with Crippen molar-refractivity contribution >= 4 is 5.97 Å². The first-order valence-corrected chi connectivity index (χ1v) is 8.44. The highest BCUT2D eigenvalue weighted by Crippen LogP contribution is 2.28. The summed E-state index contributed by atoms with van der Waals surface area (Å²) in [7, 11) is 1.64. The van der Waals surface area contributed by atoms with Crippen molar-refractivity contribution in [1.29, 1.82) is 0 Å². The van der Waals surface area contributed by atoms with Crippen LogP contribution in [-0.2, 0) is 17.6 Å². The van der Waals surface area contributed by atoms with Crippen molar-refractivity contribution in [2.75, 3.05) is 7.11 Å². The van der Waals surface area contributed by atoms with Gasteiger partial charge in [0.1, 0.15) is 5.75 Å². The van der Waals surface area contributed by atoms with Crippen LogP contribution in [0.1, 0.15) is 54.9 Å². The number of methoxy groups -OCH3 is 1. The standard InChI is InChI=1S/C21H26O3/c1-5-16-13-18(10-11-20(16)24-4)19(21(22)23)12-15-6-8-17(9-7-15)14(2)3/h6-11,13-14,19H,5,12H2,1-4H3,(H,22,23). The third-order valence-corrected chi connectivity index (χ3v) is 4.47. The molecule has 3 nitrogen and oxygen atoms in total. The minimum Gasteiger partial charge on any atom is -0.496 e. The average Bonchev–Trinajstić information content (AvgIpc) is 2.59. The average molecular weight is 326 g/mol. The number of carboxylic acids is 1. The zero-order valence-corrected chi connectivity index (χ0v) is 14.9. The zero-order chi connectivity index (χ0) is 17.7. The lowest BCUT2D eigenvalue weighted by atomic mass is 9.89. The molecule has 0 aliphatic carbocycles. The number of aryl methyl sites for hydroxylation is 1.